The molecule has 25 heavy (non-hydrogen) atoms. The molecule has 0 fully saturated rings. The lowest BCUT2D eigenvalue weighted by Crippen LogP contribution is -2.36. The fourth-order valence-electron chi connectivity index (χ4n) is 2.71. The Hall–Kier alpha value is -2.96. The van der Waals surface area contributed by atoms with Crippen LogP contribution in [0.4, 0.5) is 5.82 Å². The van der Waals surface area contributed by atoms with E-state index in [1.54, 1.807) is 12.5 Å². The van der Waals surface area contributed by atoms with Crippen molar-refractivity contribution in [1.29, 1.82) is 0 Å². The van der Waals surface area contributed by atoms with Gasteiger partial charge in [0.05, 0.1) is 18.4 Å². The Balaban J connectivity index is 1.45. The van der Waals surface area contributed by atoms with Crippen LogP contribution < -0.4 is 10.2 Å². The average molecular weight is 338 g/mol. The van der Waals surface area contributed by atoms with Crippen molar-refractivity contribution in [1.82, 2.24) is 24.8 Å². The van der Waals surface area contributed by atoms with Gasteiger partial charge in [-0.1, -0.05) is 12.1 Å². The van der Waals surface area contributed by atoms with Crippen molar-refractivity contribution in [2.45, 2.75) is 19.4 Å². The van der Waals surface area contributed by atoms with Crippen LogP contribution in [0.3, 0.4) is 0 Å². The monoisotopic (exact) mass is 338 g/mol. The molecule has 1 amide bonds. The Labute approximate surface area is 146 Å². The molecule has 0 radical (unpaired) electrons. The number of benzene rings is 1. The number of imidazole rings is 1. The van der Waals surface area contributed by atoms with Gasteiger partial charge in [0.1, 0.15) is 12.1 Å². The lowest BCUT2D eigenvalue weighted by molar-refractivity contribution is -0.119. The number of rotatable bonds is 8. The zero-order valence-electron chi connectivity index (χ0n) is 14.3. The van der Waals surface area contributed by atoms with Crippen LogP contribution in [0, 0.1) is 0 Å². The minimum absolute atomic E-state index is 0.00664. The van der Waals surface area contributed by atoms with Crippen molar-refractivity contribution in [2.75, 3.05) is 25.0 Å². The van der Waals surface area contributed by atoms with Gasteiger partial charge in [-0.2, -0.15) is 0 Å². The number of unbranched alkanes of at least 4 members (excludes halogenated alkanes) is 1. The van der Waals surface area contributed by atoms with Gasteiger partial charge in [-0.05, 0) is 25.0 Å². The molecule has 0 bridgehead atoms. The third-order valence-electron chi connectivity index (χ3n) is 3.99. The van der Waals surface area contributed by atoms with Gasteiger partial charge in [0.2, 0.25) is 5.91 Å². The zero-order valence-corrected chi connectivity index (χ0v) is 14.3. The second-order valence-corrected chi connectivity index (χ2v) is 5.93. The standard InChI is InChI=1S/C18H22N6O/c1-23(18-15-6-2-3-7-16(15)21-13-22-18)12-17(25)20-8-4-5-10-24-11-9-19-14-24/h2-3,6-7,9,11,13-14H,4-5,8,10,12H2,1H3,(H,20,25). The van der Waals surface area contributed by atoms with E-state index in [0.717, 1.165) is 36.1 Å². The summed E-state index contributed by atoms with van der Waals surface area (Å²) in [4.78, 5) is 26.6. The summed E-state index contributed by atoms with van der Waals surface area (Å²) in [6.45, 7) is 1.86. The number of para-hydroxylation sites is 1. The SMILES string of the molecule is CN(CC(=O)NCCCCn1ccnc1)c1ncnc2ccccc12. The van der Waals surface area contributed by atoms with Crippen LogP contribution in [0.15, 0.2) is 49.3 Å². The summed E-state index contributed by atoms with van der Waals surface area (Å²) in [5, 5.41) is 3.91. The molecule has 1 N–H and O–H groups in total. The van der Waals surface area contributed by atoms with Gasteiger partial charge in [0.15, 0.2) is 0 Å². The number of hydrogen-bond acceptors (Lipinski definition) is 5. The van der Waals surface area contributed by atoms with Crippen LogP contribution >= 0.6 is 0 Å². The molecular weight excluding hydrogens is 316 g/mol. The van der Waals surface area contributed by atoms with Crippen molar-refractivity contribution in [3.8, 4) is 0 Å². The van der Waals surface area contributed by atoms with Gasteiger partial charge in [-0.15, -0.1) is 0 Å². The molecule has 0 saturated carbocycles. The van der Waals surface area contributed by atoms with E-state index in [-0.39, 0.29) is 12.5 Å². The summed E-state index contributed by atoms with van der Waals surface area (Å²) in [6.07, 6.45) is 8.99. The van der Waals surface area contributed by atoms with Gasteiger partial charge in [0, 0.05) is 37.9 Å². The Morgan fingerprint density at radius 1 is 1.24 bits per heavy atom. The Bertz CT molecular complexity index is 812. The van der Waals surface area contributed by atoms with Crippen molar-refractivity contribution in [3.63, 3.8) is 0 Å². The predicted molar refractivity (Wildman–Crippen MR) is 97.3 cm³/mol. The lowest BCUT2D eigenvalue weighted by atomic mass is 10.2. The number of anilines is 1. The molecule has 130 valence electrons. The van der Waals surface area contributed by atoms with E-state index in [0.29, 0.717) is 6.54 Å². The maximum absolute atomic E-state index is 12.1. The molecule has 7 nitrogen and oxygen atoms in total. The van der Waals surface area contributed by atoms with E-state index in [4.69, 9.17) is 0 Å². The molecule has 0 spiro atoms. The first-order chi connectivity index (χ1) is 12.2. The fraction of sp³-hybridized carbons (Fsp3) is 0.333. The number of aromatic nitrogens is 4. The predicted octanol–water partition coefficient (Wildman–Crippen LogP) is 1.86. The van der Waals surface area contributed by atoms with Gasteiger partial charge in [0.25, 0.3) is 0 Å². The van der Waals surface area contributed by atoms with Crippen LogP contribution in [-0.4, -0.2) is 45.6 Å². The van der Waals surface area contributed by atoms with Gasteiger partial charge < -0.3 is 14.8 Å². The van der Waals surface area contributed by atoms with Crippen LogP contribution in [0.2, 0.25) is 0 Å². The van der Waals surface area contributed by atoms with Crippen LogP contribution in [0.1, 0.15) is 12.8 Å². The largest absolute Gasteiger partial charge is 0.355 e. The van der Waals surface area contributed by atoms with E-state index in [1.807, 2.05) is 47.0 Å². The number of nitrogens with zero attached hydrogens (tertiary/aromatic N) is 5. The van der Waals surface area contributed by atoms with E-state index in [9.17, 15) is 4.79 Å². The number of carbonyl (C=O) groups is 1. The lowest BCUT2D eigenvalue weighted by Gasteiger charge is -2.19. The summed E-state index contributed by atoms with van der Waals surface area (Å²) in [5.41, 5.74) is 0.874. The third kappa shape index (κ3) is 4.53. The van der Waals surface area contributed by atoms with Gasteiger partial charge in [-0.25, -0.2) is 15.0 Å². The number of carbonyl (C=O) groups excluding carboxylic acids is 1. The van der Waals surface area contributed by atoms with Crippen molar-refractivity contribution in [3.05, 3.63) is 49.3 Å². The molecule has 2 heterocycles. The molecule has 7 heteroatoms. The summed E-state index contributed by atoms with van der Waals surface area (Å²) in [5.74, 6) is 0.758. The number of aryl methyl sites for hydroxylation is 1. The number of amides is 1. The number of hydrogen-bond donors (Lipinski definition) is 1. The van der Waals surface area contributed by atoms with E-state index in [1.165, 1.54) is 6.33 Å². The van der Waals surface area contributed by atoms with Crippen molar-refractivity contribution in [2.24, 2.45) is 0 Å². The molecule has 0 saturated heterocycles. The summed E-state index contributed by atoms with van der Waals surface area (Å²) in [6, 6.07) is 7.79. The fourth-order valence-corrected chi connectivity index (χ4v) is 2.71. The summed E-state index contributed by atoms with van der Waals surface area (Å²) >= 11 is 0. The Morgan fingerprint density at radius 2 is 2.12 bits per heavy atom. The molecule has 0 aliphatic heterocycles. The highest BCUT2D eigenvalue weighted by atomic mass is 16.2. The highest BCUT2D eigenvalue weighted by Gasteiger charge is 2.11. The first-order valence-corrected chi connectivity index (χ1v) is 8.37. The van der Waals surface area contributed by atoms with E-state index in [2.05, 4.69) is 20.3 Å². The topological polar surface area (TPSA) is 75.9 Å². The third-order valence-corrected chi connectivity index (χ3v) is 3.99. The van der Waals surface area contributed by atoms with Crippen LogP contribution in [0.5, 0.6) is 0 Å². The highest BCUT2D eigenvalue weighted by molar-refractivity contribution is 5.91. The van der Waals surface area contributed by atoms with Gasteiger partial charge >= 0.3 is 0 Å². The maximum Gasteiger partial charge on any atom is 0.239 e. The second kappa shape index (κ2) is 8.23. The first-order valence-electron chi connectivity index (χ1n) is 8.37. The number of nitrogens with one attached hydrogen (secondary N) is 1. The molecule has 3 rings (SSSR count). The normalized spacial score (nSPS) is 10.8. The molecule has 2 aromatic heterocycles. The van der Waals surface area contributed by atoms with Crippen molar-refractivity contribution >= 4 is 22.6 Å². The van der Waals surface area contributed by atoms with Crippen molar-refractivity contribution < 1.29 is 4.79 Å². The molecule has 3 aromatic rings. The van der Waals surface area contributed by atoms with Crippen LogP contribution in [0.25, 0.3) is 10.9 Å². The Kier molecular flexibility index (Phi) is 5.56. The summed E-state index contributed by atoms with van der Waals surface area (Å²) < 4.78 is 2.04. The van der Waals surface area contributed by atoms with E-state index < -0.39 is 0 Å². The molecule has 0 aliphatic carbocycles. The Morgan fingerprint density at radius 3 is 2.96 bits per heavy atom. The first kappa shape index (κ1) is 16.9. The quantitative estimate of drug-likeness (QED) is 0.635. The minimum atomic E-state index is -0.00664. The second-order valence-electron chi connectivity index (χ2n) is 5.93. The van der Waals surface area contributed by atoms with E-state index >= 15 is 0 Å². The number of fused-ring (bicyclic) bond motifs is 1. The molecule has 0 atom stereocenters. The molecular formula is C18H22N6O. The van der Waals surface area contributed by atoms with Gasteiger partial charge in [-0.3, -0.25) is 4.79 Å². The van der Waals surface area contributed by atoms with Crippen LogP contribution in [-0.2, 0) is 11.3 Å². The molecule has 0 unspecified atom stereocenters. The minimum Gasteiger partial charge on any atom is -0.355 e. The summed E-state index contributed by atoms with van der Waals surface area (Å²) in [7, 11) is 1.87. The zero-order chi connectivity index (χ0) is 17.5. The smallest absolute Gasteiger partial charge is 0.239 e. The average Bonchev–Trinajstić information content (AvgIpc) is 3.14. The molecule has 1 aromatic carbocycles. The maximum atomic E-state index is 12.1. The highest BCUT2D eigenvalue weighted by Crippen LogP contribution is 2.20. The molecule has 0 aliphatic rings. The number of likely N-dealkylation sites (N-methyl/N-ethyl adjacent to an activating group) is 1.